The molecule has 118 valence electrons. The molecular formula is C19H12F2N2O. The smallest absolute Gasteiger partial charge is 0.137 e. The maximum absolute atomic E-state index is 14.1. The molecule has 24 heavy (non-hydrogen) atoms. The number of fused-ring (bicyclic) bond motifs is 1. The van der Waals surface area contributed by atoms with Gasteiger partial charge in [-0.3, -0.25) is 0 Å². The van der Waals surface area contributed by atoms with Crippen molar-refractivity contribution in [2.75, 3.05) is 0 Å². The van der Waals surface area contributed by atoms with E-state index >= 15 is 0 Å². The molecule has 0 aliphatic rings. The van der Waals surface area contributed by atoms with Crippen LogP contribution in [-0.2, 0) is 0 Å². The monoisotopic (exact) mass is 322 g/mol. The van der Waals surface area contributed by atoms with Crippen LogP contribution in [-0.4, -0.2) is 15.1 Å². The lowest BCUT2D eigenvalue weighted by molar-refractivity contribution is 0.475. The Hall–Kier alpha value is -3.21. The highest BCUT2D eigenvalue weighted by Gasteiger charge is 2.13. The molecule has 2 aromatic carbocycles. The summed E-state index contributed by atoms with van der Waals surface area (Å²) in [7, 11) is 0. The molecule has 0 atom stereocenters. The fraction of sp³-hybridized carbons (Fsp3) is 0. The summed E-state index contributed by atoms with van der Waals surface area (Å²) in [5.74, 6) is -1.08. The molecule has 4 aromatic rings. The summed E-state index contributed by atoms with van der Waals surface area (Å²) in [4.78, 5) is 7.34. The number of benzene rings is 2. The van der Waals surface area contributed by atoms with Gasteiger partial charge in [0.05, 0.1) is 0 Å². The van der Waals surface area contributed by atoms with Gasteiger partial charge in [0.1, 0.15) is 23.0 Å². The number of H-pyrrole nitrogens is 1. The molecule has 0 unspecified atom stereocenters. The van der Waals surface area contributed by atoms with Crippen LogP contribution in [0.1, 0.15) is 0 Å². The van der Waals surface area contributed by atoms with Gasteiger partial charge in [0, 0.05) is 40.5 Å². The van der Waals surface area contributed by atoms with Crippen LogP contribution in [0.4, 0.5) is 8.78 Å². The number of halogens is 2. The zero-order chi connectivity index (χ0) is 16.7. The van der Waals surface area contributed by atoms with E-state index in [9.17, 15) is 13.9 Å². The van der Waals surface area contributed by atoms with Crippen molar-refractivity contribution >= 4 is 11.0 Å². The zero-order valence-corrected chi connectivity index (χ0v) is 12.4. The normalized spacial score (nSPS) is 11.1. The van der Waals surface area contributed by atoms with E-state index in [0.717, 1.165) is 22.6 Å². The Kier molecular flexibility index (Phi) is 3.27. The maximum atomic E-state index is 14.1. The van der Waals surface area contributed by atoms with Crippen LogP contribution in [0.5, 0.6) is 5.75 Å². The lowest BCUT2D eigenvalue weighted by Crippen LogP contribution is -1.86. The van der Waals surface area contributed by atoms with Crippen molar-refractivity contribution in [3.05, 3.63) is 72.6 Å². The van der Waals surface area contributed by atoms with Crippen LogP contribution in [0.2, 0.25) is 0 Å². The minimum Gasteiger partial charge on any atom is -0.508 e. The molecule has 2 aromatic heterocycles. The SMILES string of the molecule is Oc1cccc(-c2cnc3[nH]cc(-c4ccc(F)cc4F)c3c2)c1. The van der Waals surface area contributed by atoms with Crippen LogP contribution in [0.15, 0.2) is 60.9 Å². The number of phenols is 1. The van der Waals surface area contributed by atoms with Crippen molar-refractivity contribution in [2.24, 2.45) is 0 Å². The van der Waals surface area contributed by atoms with Crippen molar-refractivity contribution < 1.29 is 13.9 Å². The van der Waals surface area contributed by atoms with Gasteiger partial charge < -0.3 is 10.1 Å². The highest BCUT2D eigenvalue weighted by molar-refractivity contribution is 5.95. The summed E-state index contributed by atoms with van der Waals surface area (Å²) in [6.45, 7) is 0. The molecule has 0 fully saturated rings. The van der Waals surface area contributed by atoms with Crippen molar-refractivity contribution in [1.29, 1.82) is 0 Å². The number of rotatable bonds is 2. The molecule has 0 aliphatic carbocycles. The average Bonchev–Trinajstić information content (AvgIpc) is 2.98. The topological polar surface area (TPSA) is 48.9 Å². The Morgan fingerprint density at radius 3 is 2.58 bits per heavy atom. The summed E-state index contributed by atoms with van der Waals surface area (Å²) in [6, 6.07) is 12.2. The molecule has 0 bridgehead atoms. The first kappa shape index (κ1) is 14.4. The molecule has 0 radical (unpaired) electrons. The van der Waals surface area contributed by atoms with Gasteiger partial charge in [-0.05, 0) is 35.9 Å². The molecule has 3 nitrogen and oxygen atoms in total. The number of nitrogens with zero attached hydrogens (tertiary/aromatic N) is 1. The molecule has 0 saturated carbocycles. The minimum atomic E-state index is -0.626. The summed E-state index contributed by atoms with van der Waals surface area (Å²) in [5, 5.41) is 10.4. The molecule has 0 saturated heterocycles. The van der Waals surface area contributed by atoms with Gasteiger partial charge in [0.15, 0.2) is 0 Å². The number of nitrogens with one attached hydrogen (secondary N) is 1. The van der Waals surface area contributed by atoms with E-state index in [1.165, 1.54) is 12.1 Å². The van der Waals surface area contributed by atoms with Crippen LogP contribution in [0, 0.1) is 11.6 Å². The van der Waals surface area contributed by atoms with Gasteiger partial charge in [-0.25, -0.2) is 13.8 Å². The highest BCUT2D eigenvalue weighted by atomic mass is 19.1. The first-order chi connectivity index (χ1) is 11.6. The second-order valence-corrected chi connectivity index (χ2v) is 5.50. The predicted molar refractivity (Wildman–Crippen MR) is 88.5 cm³/mol. The number of aromatic hydroxyl groups is 1. The van der Waals surface area contributed by atoms with Gasteiger partial charge in [0.2, 0.25) is 0 Å². The summed E-state index contributed by atoms with van der Waals surface area (Å²) >= 11 is 0. The van der Waals surface area contributed by atoms with Crippen LogP contribution >= 0.6 is 0 Å². The summed E-state index contributed by atoms with van der Waals surface area (Å²) in [5.41, 5.74) is 3.12. The Morgan fingerprint density at radius 1 is 0.917 bits per heavy atom. The number of hydrogen-bond donors (Lipinski definition) is 2. The molecule has 2 N–H and O–H groups in total. The Morgan fingerprint density at radius 2 is 1.79 bits per heavy atom. The molecule has 0 amide bonds. The first-order valence-electron chi connectivity index (χ1n) is 7.34. The van der Waals surface area contributed by atoms with Crippen molar-refractivity contribution in [3.63, 3.8) is 0 Å². The Labute approximate surface area is 136 Å². The number of pyridine rings is 1. The fourth-order valence-electron chi connectivity index (χ4n) is 2.78. The number of hydrogen-bond acceptors (Lipinski definition) is 2. The van der Waals surface area contributed by atoms with E-state index in [-0.39, 0.29) is 5.75 Å². The molecule has 4 rings (SSSR count). The lowest BCUT2D eigenvalue weighted by atomic mass is 10.0. The van der Waals surface area contributed by atoms with Gasteiger partial charge in [-0.1, -0.05) is 12.1 Å². The van der Waals surface area contributed by atoms with E-state index in [2.05, 4.69) is 9.97 Å². The van der Waals surface area contributed by atoms with Crippen LogP contribution < -0.4 is 0 Å². The van der Waals surface area contributed by atoms with Crippen molar-refractivity contribution in [1.82, 2.24) is 9.97 Å². The summed E-state index contributed by atoms with van der Waals surface area (Å²) < 4.78 is 27.3. The highest BCUT2D eigenvalue weighted by Crippen LogP contribution is 2.33. The second kappa shape index (κ2) is 5.45. The van der Waals surface area contributed by atoms with E-state index in [1.807, 2.05) is 12.1 Å². The first-order valence-corrected chi connectivity index (χ1v) is 7.34. The number of aromatic amines is 1. The quantitative estimate of drug-likeness (QED) is 0.552. The van der Waals surface area contributed by atoms with E-state index in [1.54, 1.807) is 30.6 Å². The molecule has 5 heteroatoms. The zero-order valence-electron chi connectivity index (χ0n) is 12.4. The average molecular weight is 322 g/mol. The molecule has 2 heterocycles. The number of aromatic nitrogens is 2. The van der Waals surface area contributed by atoms with Crippen molar-refractivity contribution in [3.8, 4) is 28.0 Å². The van der Waals surface area contributed by atoms with Crippen LogP contribution in [0.3, 0.4) is 0 Å². The van der Waals surface area contributed by atoms with Gasteiger partial charge in [0.25, 0.3) is 0 Å². The van der Waals surface area contributed by atoms with Gasteiger partial charge in [-0.15, -0.1) is 0 Å². The molecule has 0 aliphatic heterocycles. The number of phenolic OH excluding ortho intramolecular Hbond substituents is 1. The third-order valence-corrected chi connectivity index (χ3v) is 3.93. The standard InChI is InChI=1S/C19H12F2N2O/c20-13-4-5-15(18(21)8-13)17-10-23-19-16(17)7-12(9-22-19)11-2-1-3-14(24)6-11/h1-10,24H,(H,22,23). The fourth-order valence-corrected chi connectivity index (χ4v) is 2.78. The minimum absolute atomic E-state index is 0.159. The van der Waals surface area contributed by atoms with E-state index < -0.39 is 11.6 Å². The summed E-state index contributed by atoms with van der Waals surface area (Å²) in [6.07, 6.45) is 3.33. The van der Waals surface area contributed by atoms with Gasteiger partial charge in [-0.2, -0.15) is 0 Å². The molecular weight excluding hydrogens is 310 g/mol. The Balaban J connectivity index is 1.90. The van der Waals surface area contributed by atoms with Gasteiger partial charge >= 0.3 is 0 Å². The third kappa shape index (κ3) is 2.40. The Bertz CT molecular complexity index is 1060. The third-order valence-electron chi connectivity index (χ3n) is 3.93. The van der Waals surface area contributed by atoms with E-state index in [4.69, 9.17) is 0 Å². The molecule has 0 spiro atoms. The lowest BCUT2D eigenvalue weighted by Gasteiger charge is -2.05. The van der Waals surface area contributed by atoms with Crippen LogP contribution in [0.25, 0.3) is 33.3 Å². The maximum Gasteiger partial charge on any atom is 0.137 e. The second-order valence-electron chi connectivity index (χ2n) is 5.50. The largest absolute Gasteiger partial charge is 0.508 e. The van der Waals surface area contributed by atoms with Crippen molar-refractivity contribution in [2.45, 2.75) is 0 Å². The van der Waals surface area contributed by atoms with E-state index in [0.29, 0.717) is 16.8 Å². The predicted octanol–water partition coefficient (Wildman–Crippen LogP) is 4.88.